The number of nitrogens with one attached hydrogen (secondary N) is 1. The van der Waals surface area contributed by atoms with Gasteiger partial charge in [0, 0.05) is 61.6 Å². The maximum absolute atomic E-state index is 13.0. The lowest BCUT2D eigenvalue weighted by atomic mass is 10.1. The second kappa shape index (κ2) is 7.33. The maximum Gasteiger partial charge on any atom is 0.308 e. The van der Waals surface area contributed by atoms with Gasteiger partial charge >= 0.3 is 10.2 Å². The molecular weight excluding hydrogens is 416 g/mol. The number of H-pyrrole nitrogens is 1. The lowest BCUT2D eigenvalue weighted by Gasteiger charge is -2.35. The summed E-state index contributed by atoms with van der Waals surface area (Å²) in [5.41, 5.74) is 3.70. The Labute approximate surface area is 180 Å². The largest absolute Gasteiger partial charge is 0.377 e. The number of morpholine rings is 1. The summed E-state index contributed by atoms with van der Waals surface area (Å²) in [6.45, 7) is 4.07. The van der Waals surface area contributed by atoms with Crippen molar-refractivity contribution in [1.29, 1.82) is 0 Å². The van der Waals surface area contributed by atoms with Gasteiger partial charge in [0.15, 0.2) is 5.65 Å². The Hall–Kier alpha value is -2.95. The van der Waals surface area contributed by atoms with Crippen molar-refractivity contribution in [2.75, 3.05) is 38.8 Å². The SMILES string of the molecule is CC1COCCN1c1cc(-c2ccnc3[nH]ccc23)nc2c1ccn2S(=O)(=O)N(C)C. The summed E-state index contributed by atoms with van der Waals surface area (Å²) in [4.78, 5) is 14.6. The Morgan fingerprint density at radius 1 is 1.23 bits per heavy atom. The van der Waals surface area contributed by atoms with E-state index in [9.17, 15) is 8.42 Å². The predicted molar refractivity (Wildman–Crippen MR) is 120 cm³/mol. The van der Waals surface area contributed by atoms with Crippen molar-refractivity contribution in [3.63, 3.8) is 0 Å². The number of hydrogen-bond donors (Lipinski definition) is 1. The lowest BCUT2D eigenvalue weighted by molar-refractivity contribution is 0.0991. The molecule has 9 nitrogen and oxygen atoms in total. The molecule has 5 heterocycles. The average Bonchev–Trinajstić information content (AvgIpc) is 3.40. The quantitative estimate of drug-likeness (QED) is 0.524. The number of pyridine rings is 2. The standard InChI is InChI=1S/C21H24N6O3S/c1-14-13-30-11-10-26(14)19-12-18(15-4-7-22-20-16(15)5-8-23-20)24-21-17(19)6-9-27(21)31(28,29)25(2)3/h4-9,12,14H,10-11,13H2,1-3H3,(H,22,23). The molecule has 1 aliphatic heterocycles. The fourth-order valence-electron chi connectivity index (χ4n) is 4.08. The van der Waals surface area contributed by atoms with E-state index in [2.05, 4.69) is 21.8 Å². The number of fused-ring (bicyclic) bond motifs is 2. The van der Waals surface area contributed by atoms with E-state index in [-0.39, 0.29) is 6.04 Å². The summed E-state index contributed by atoms with van der Waals surface area (Å²) in [6, 6.07) is 7.88. The molecule has 1 N–H and O–H groups in total. The van der Waals surface area contributed by atoms with Crippen LogP contribution in [0.5, 0.6) is 0 Å². The molecule has 0 spiro atoms. The number of rotatable bonds is 4. The predicted octanol–water partition coefficient (Wildman–Crippen LogP) is 2.46. The van der Waals surface area contributed by atoms with Crippen LogP contribution in [-0.4, -0.2) is 71.5 Å². The molecule has 31 heavy (non-hydrogen) atoms. The lowest BCUT2D eigenvalue weighted by Crippen LogP contribution is -2.43. The smallest absolute Gasteiger partial charge is 0.308 e. The molecule has 162 valence electrons. The van der Waals surface area contributed by atoms with Gasteiger partial charge in [-0.1, -0.05) is 0 Å². The Morgan fingerprint density at radius 2 is 2.06 bits per heavy atom. The first kappa shape index (κ1) is 20.0. The molecule has 0 bridgehead atoms. The summed E-state index contributed by atoms with van der Waals surface area (Å²) < 4.78 is 34.0. The fraction of sp³-hybridized carbons (Fsp3) is 0.333. The topological polar surface area (TPSA) is 96.3 Å². The first-order chi connectivity index (χ1) is 14.9. The molecule has 1 atom stereocenters. The van der Waals surface area contributed by atoms with Gasteiger partial charge in [-0.15, -0.1) is 0 Å². The van der Waals surface area contributed by atoms with Gasteiger partial charge in [0.05, 0.1) is 24.6 Å². The van der Waals surface area contributed by atoms with Gasteiger partial charge in [0.2, 0.25) is 0 Å². The molecule has 4 aromatic rings. The van der Waals surface area contributed by atoms with E-state index in [0.29, 0.717) is 24.6 Å². The van der Waals surface area contributed by atoms with E-state index < -0.39 is 10.2 Å². The van der Waals surface area contributed by atoms with Gasteiger partial charge in [-0.25, -0.2) is 13.9 Å². The highest BCUT2D eigenvalue weighted by molar-refractivity contribution is 7.87. The Kier molecular flexibility index (Phi) is 4.72. The highest BCUT2D eigenvalue weighted by Crippen LogP contribution is 2.36. The van der Waals surface area contributed by atoms with Crippen LogP contribution in [-0.2, 0) is 14.9 Å². The van der Waals surface area contributed by atoms with E-state index in [4.69, 9.17) is 9.72 Å². The normalized spacial score (nSPS) is 17.8. The maximum atomic E-state index is 13.0. The molecule has 1 aliphatic rings. The van der Waals surface area contributed by atoms with Crippen LogP contribution >= 0.6 is 0 Å². The van der Waals surface area contributed by atoms with Crippen LogP contribution < -0.4 is 4.90 Å². The minimum atomic E-state index is -3.73. The van der Waals surface area contributed by atoms with Gasteiger partial charge in [-0.3, -0.25) is 0 Å². The van der Waals surface area contributed by atoms with Crippen LogP contribution in [0, 0.1) is 0 Å². The van der Waals surface area contributed by atoms with Crippen LogP contribution in [0.15, 0.2) is 42.9 Å². The molecule has 0 aliphatic carbocycles. The third-order valence-corrected chi connectivity index (χ3v) is 7.44. The van der Waals surface area contributed by atoms with E-state index in [1.165, 1.54) is 22.4 Å². The molecule has 5 rings (SSSR count). The molecule has 0 aromatic carbocycles. The van der Waals surface area contributed by atoms with Crippen molar-refractivity contribution < 1.29 is 13.2 Å². The van der Waals surface area contributed by atoms with Gasteiger partial charge in [-0.05, 0) is 31.2 Å². The first-order valence-electron chi connectivity index (χ1n) is 10.1. The Bertz CT molecular complexity index is 1370. The van der Waals surface area contributed by atoms with Crippen molar-refractivity contribution in [3.8, 4) is 11.3 Å². The number of ether oxygens (including phenoxy) is 1. The van der Waals surface area contributed by atoms with Crippen LogP contribution in [0.1, 0.15) is 6.92 Å². The second-order valence-corrected chi connectivity index (χ2v) is 9.90. The van der Waals surface area contributed by atoms with Gasteiger partial charge < -0.3 is 14.6 Å². The second-order valence-electron chi connectivity index (χ2n) is 7.88. The molecule has 1 unspecified atom stereocenters. The number of hydrogen-bond acceptors (Lipinski definition) is 6. The van der Waals surface area contributed by atoms with Gasteiger partial charge in [0.1, 0.15) is 5.65 Å². The fourth-order valence-corrected chi connectivity index (χ4v) is 5.00. The number of aromatic nitrogens is 4. The molecule has 1 saturated heterocycles. The minimum Gasteiger partial charge on any atom is -0.377 e. The van der Waals surface area contributed by atoms with Crippen molar-refractivity contribution in [1.82, 2.24) is 23.2 Å². The minimum absolute atomic E-state index is 0.158. The molecule has 0 saturated carbocycles. The molecule has 0 amide bonds. The van der Waals surface area contributed by atoms with Crippen molar-refractivity contribution in [3.05, 3.63) is 42.9 Å². The van der Waals surface area contributed by atoms with Crippen molar-refractivity contribution >= 4 is 38.0 Å². The third-order valence-electron chi connectivity index (χ3n) is 5.73. The highest BCUT2D eigenvalue weighted by Gasteiger charge is 2.26. The highest BCUT2D eigenvalue weighted by atomic mass is 32.2. The van der Waals surface area contributed by atoms with Gasteiger partial charge in [0.25, 0.3) is 0 Å². The molecular formula is C21H24N6O3S. The third kappa shape index (κ3) is 3.18. The number of anilines is 1. The monoisotopic (exact) mass is 440 g/mol. The summed E-state index contributed by atoms with van der Waals surface area (Å²) in [6.07, 6.45) is 5.14. The zero-order chi connectivity index (χ0) is 21.8. The van der Waals surface area contributed by atoms with Crippen LogP contribution in [0.3, 0.4) is 0 Å². The average molecular weight is 441 g/mol. The summed E-state index contributed by atoms with van der Waals surface area (Å²) in [5, 5.41) is 1.73. The van der Waals surface area contributed by atoms with E-state index >= 15 is 0 Å². The Balaban J connectivity index is 1.81. The van der Waals surface area contributed by atoms with Crippen LogP contribution in [0.4, 0.5) is 5.69 Å². The number of nitrogens with zero attached hydrogens (tertiary/aromatic N) is 5. The summed E-state index contributed by atoms with van der Waals surface area (Å²) in [7, 11) is -0.694. The molecule has 10 heteroatoms. The number of aromatic amines is 1. The van der Waals surface area contributed by atoms with E-state index in [1.807, 2.05) is 30.5 Å². The Morgan fingerprint density at radius 3 is 2.84 bits per heavy atom. The van der Waals surface area contributed by atoms with E-state index in [1.54, 1.807) is 12.4 Å². The zero-order valence-corrected chi connectivity index (χ0v) is 18.4. The molecule has 0 radical (unpaired) electrons. The zero-order valence-electron chi connectivity index (χ0n) is 17.6. The summed E-state index contributed by atoms with van der Waals surface area (Å²) in [5.74, 6) is 0. The van der Waals surface area contributed by atoms with Crippen LogP contribution in [0.25, 0.3) is 33.3 Å². The van der Waals surface area contributed by atoms with Crippen LogP contribution in [0.2, 0.25) is 0 Å². The van der Waals surface area contributed by atoms with Crippen molar-refractivity contribution in [2.24, 2.45) is 0 Å². The first-order valence-corrected chi connectivity index (χ1v) is 11.5. The van der Waals surface area contributed by atoms with Gasteiger partial charge in [-0.2, -0.15) is 12.7 Å². The summed E-state index contributed by atoms with van der Waals surface area (Å²) >= 11 is 0. The molecule has 1 fully saturated rings. The van der Waals surface area contributed by atoms with E-state index in [0.717, 1.165) is 34.2 Å². The molecule has 4 aromatic heterocycles. The van der Waals surface area contributed by atoms with Crippen molar-refractivity contribution in [2.45, 2.75) is 13.0 Å².